The first-order chi connectivity index (χ1) is 11.1. The largest absolute Gasteiger partial charge is 0.350 e. The van der Waals surface area contributed by atoms with E-state index in [1.54, 1.807) is 11.3 Å². The average Bonchev–Trinajstić information content (AvgIpc) is 3.15. The molecule has 23 heavy (non-hydrogen) atoms. The maximum atomic E-state index is 12.1. The van der Waals surface area contributed by atoms with Crippen molar-refractivity contribution in [2.24, 2.45) is 7.05 Å². The fourth-order valence-electron chi connectivity index (χ4n) is 2.36. The summed E-state index contributed by atoms with van der Waals surface area (Å²) in [4.78, 5) is 16.6. The molecule has 3 aromatic rings. The van der Waals surface area contributed by atoms with Gasteiger partial charge >= 0.3 is 0 Å². The minimum atomic E-state index is -0.00577. The molecule has 3 rings (SSSR count). The summed E-state index contributed by atoms with van der Waals surface area (Å²) in [5.41, 5.74) is 4.18. The van der Waals surface area contributed by atoms with Crippen molar-refractivity contribution in [1.82, 2.24) is 14.9 Å². The number of aryl methyl sites for hydroxylation is 1. The van der Waals surface area contributed by atoms with E-state index in [4.69, 9.17) is 0 Å². The average molecular weight is 325 g/mol. The summed E-state index contributed by atoms with van der Waals surface area (Å²) in [7, 11) is 2.00. The summed E-state index contributed by atoms with van der Waals surface area (Å²) in [6.45, 7) is 2.59. The zero-order valence-electron chi connectivity index (χ0n) is 13.2. The summed E-state index contributed by atoms with van der Waals surface area (Å²) >= 11 is 1.57. The zero-order chi connectivity index (χ0) is 16.2. The van der Waals surface area contributed by atoms with Gasteiger partial charge in [-0.15, -0.1) is 11.3 Å². The maximum absolute atomic E-state index is 12.1. The molecule has 0 saturated heterocycles. The Morgan fingerprint density at radius 3 is 2.70 bits per heavy atom. The number of aromatic nitrogens is 2. The van der Waals surface area contributed by atoms with Crippen molar-refractivity contribution in [3.63, 3.8) is 0 Å². The summed E-state index contributed by atoms with van der Waals surface area (Å²) in [6.07, 6.45) is 0.312. The van der Waals surface area contributed by atoms with Crippen molar-refractivity contribution in [1.29, 1.82) is 0 Å². The number of amides is 1. The van der Waals surface area contributed by atoms with Crippen LogP contribution in [0.3, 0.4) is 0 Å². The number of thiazole rings is 1. The second-order valence-corrected chi connectivity index (χ2v) is 6.35. The number of hydrogen-bond donors (Lipinski definition) is 1. The van der Waals surface area contributed by atoms with Crippen molar-refractivity contribution in [2.45, 2.75) is 19.9 Å². The molecule has 0 aliphatic rings. The lowest BCUT2D eigenvalue weighted by Gasteiger charge is -2.06. The molecule has 0 unspecified atom stereocenters. The third-order valence-corrected chi connectivity index (χ3v) is 4.80. The molecule has 0 aliphatic heterocycles. The predicted octanol–water partition coefficient (Wildman–Crippen LogP) is 3.32. The van der Waals surface area contributed by atoms with Crippen LogP contribution in [0.5, 0.6) is 0 Å². The van der Waals surface area contributed by atoms with Crippen LogP contribution in [0.2, 0.25) is 0 Å². The van der Waals surface area contributed by atoms with Crippen LogP contribution in [0.4, 0.5) is 0 Å². The van der Waals surface area contributed by atoms with Crippen LogP contribution in [0.25, 0.3) is 10.6 Å². The molecule has 0 radical (unpaired) electrons. The summed E-state index contributed by atoms with van der Waals surface area (Å²) in [6, 6.07) is 14.1. The van der Waals surface area contributed by atoms with Crippen molar-refractivity contribution < 1.29 is 4.79 Å². The summed E-state index contributed by atoms with van der Waals surface area (Å²) in [5.74, 6) is -0.00577. The fraction of sp³-hybridized carbons (Fsp3) is 0.222. The van der Waals surface area contributed by atoms with Gasteiger partial charge < -0.3 is 9.88 Å². The molecule has 4 nitrogen and oxygen atoms in total. The van der Waals surface area contributed by atoms with E-state index < -0.39 is 0 Å². The maximum Gasteiger partial charge on any atom is 0.226 e. The van der Waals surface area contributed by atoms with E-state index in [0.717, 1.165) is 22.0 Å². The molecule has 5 heteroatoms. The van der Waals surface area contributed by atoms with Gasteiger partial charge in [-0.25, -0.2) is 4.98 Å². The minimum Gasteiger partial charge on any atom is -0.350 e. The topological polar surface area (TPSA) is 46.9 Å². The van der Waals surface area contributed by atoms with Gasteiger partial charge in [0.1, 0.15) is 5.01 Å². The Morgan fingerprint density at radius 2 is 2.00 bits per heavy atom. The predicted molar refractivity (Wildman–Crippen MR) is 93.3 cm³/mol. The highest BCUT2D eigenvalue weighted by Crippen LogP contribution is 2.23. The summed E-state index contributed by atoms with van der Waals surface area (Å²) in [5, 5.41) is 5.86. The molecule has 118 valence electrons. The lowest BCUT2D eigenvalue weighted by Crippen LogP contribution is -2.25. The molecule has 0 saturated carbocycles. The van der Waals surface area contributed by atoms with E-state index in [1.807, 2.05) is 61.8 Å². The second kappa shape index (κ2) is 6.79. The standard InChI is InChI=1S/C18H19N3OS/c1-13-8-9-16(21(13)2)11-19-17(22)10-15-12-23-18(20-15)14-6-4-3-5-7-14/h3-9,12H,10-11H2,1-2H3,(H,19,22). The lowest BCUT2D eigenvalue weighted by molar-refractivity contribution is -0.120. The Bertz CT molecular complexity index is 805. The van der Waals surface area contributed by atoms with Gasteiger partial charge in [0.2, 0.25) is 5.91 Å². The Labute approximate surface area is 139 Å². The van der Waals surface area contributed by atoms with Crippen molar-refractivity contribution in [2.75, 3.05) is 0 Å². The molecule has 0 bridgehead atoms. The van der Waals surface area contributed by atoms with Gasteiger partial charge in [0.15, 0.2) is 0 Å². The molecule has 0 fully saturated rings. The van der Waals surface area contributed by atoms with E-state index in [9.17, 15) is 4.79 Å². The molecular weight excluding hydrogens is 306 g/mol. The van der Waals surface area contributed by atoms with Crippen molar-refractivity contribution in [3.8, 4) is 10.6 Å². The Balaban J connectivity index is 1.58. The van der Waals surface area contributed by atoms with E-state index in [1.165, 1.54) is 5.69 Å². The van der Waals surface area contributed by atoms with E-state index >= 15 is 0 Å². The number of hydrogen-bond acceptors (Lipinski definition) is 3. The number of carbonyl (C=O) groups is 1. The van der Waals surface area contributed by atoms with Gasteiger partial charge in [-0.2, -0.15) is 0 Å². The Kier molecular flexibility index (Phi) is 4.57. The molecule has 2 aromatic heterocycles. The molecule has 0 spiro atoms. The van der Waals surface area contributed by atoms with Crippen LogP contribution in [0, 0.1) is 6.92 Å². The third kappa shape index (κ3) is 3.68. The van der Waals surface area contributed by atoms with Crippen LogP contribution in [-0.4, -0.2) is 15.5 Å². The first-order valence-corrected chi connectivity index (χ1v) is 8.39. The Hall–Kier alpha value is -2.40. The quantitative estimate of drug-likeness (QED) is 0.782. The highest BCUT2D eigenvalue weighted by molar-refractivity contribution is 7.13. The number of carbonyl (C=O) groups excluding carboxylic acids is 1. The molecule has 2 heterocycles. The van der Waals surface area contributed by atoms with Crippen LogP contribution in [-0.2, 0) is 24.8 Å². The molecule has 1 N–H and O–H groups in total. The lowest BCUT2D eigenvalue weighted by atomic mass is 10.2. The van der Waals surface area contributed by atoms with E-state index in [0.29, 0.717) is 13.0 Å². The molecule has 0 aliphatic carbocycles. The zero-order valence-corrected chi connectivity index (χ0v) is 14.1. The van der Waals surface area contributed by atoms with Crippen LogP contribution >= 0.6 is 11.3 Å². The number of nitrogens with one attached hydrogen (secondary N) is 1. The summed E-state index contributed by atoms with van der Waals surface area (Å²) < 4.78 is 2.08. The van der Waals surface area contributed by atoms with Gasteiger partial charge in [-0.1, -0.05) is 30.3 Å². The van der Waals surface area contributed by atoms with Gasteiger partial charge in [-0.05, 0) is 19.1 Å². The fourth-order valence-corrected chi connectivity index (χ4v) is 3.19. The monoisotopic (exact) mass is 325 g/mol. The smallest absolute Gasteiger partial charge is 0.226 e. The second-order valence-electron chi connectivity index (χ2n) is 5.49. The Morgan fingerprint density at radius 1 is 1.22 bits per heavy atom. The number of benzene rings is 1. The highest BCUT2D eigenvalue weighted by atomic mass is 32.1. The first kappa shape index (κ1) is 15.5. The van der Waals surface area contributed by atoms with Crippen LogP contribution < -0.4 is 5.32 Å². The van der Waals surface area contributed by atoms with Gasteiger partial charge in [0.25, 0.3) is 0 Å². The molecular formula is C18H19N3OS. The first-order valence-electron chi connectivity index (χ1n) is 7.51. The normalized spacial score (nSPS) is 10.7. The number of nitrogens with zero attached hydrogens (tertiary/aromatic N) is 2. The molecule has 1 aromatic carbocycles. The SMILES string of the molecule is Cc1ccc(CNC(=O)Cc2csc(-c3ccccc3)n2)n1C. The van der Waals surface area contributed by atoms with Crippen molar-refractivity contribution in [3.05, 3.63) is 64.9 Å². The molecule has 1 amide bonds. The van der Waals surface area contributed by atoms with Crippen LogP contribution in [0.1, 0.15) is 17.1 Å². The van der Waals surface area contributed by atoms with Crippen molar-refractivity contribution >= 4 is 17.2 Å². The van der Waals surface area contributed by atoms with Gasteiger partial charge in [-0.3, -0.25) is 4.79 Å². The highest BCUT2D eigenvalue weighted by Gasteiger charge is 2.09. The van der Waals surface area contributed by atoms with Crippen LogP contribution in [0.15, 0.2) is 47.8 Å². The van der Waals surface area contributed by atoms with Gasteiger partial charge in [0, 0.05) is 29.4 Å². The minimum absolute atomic E-state index is 0.00577. The third-order valence-electron chi connectivity index (χ3n) is 3.86. The van der Waals surface area contributed by atoms with Gasteiger partial charge in [0.05, 0.1) is 18.7 Å². The number of rotatable bonds is 5. The van der Waals surface area contributed by atoms with E-state index in [2.05, 4.69) is 14.9 Å². The molecule has 0 atom stereocenters. The van der Waals surface area contributed by atoms with E-state index in [-0.39, 0.29) is 5.91 Å².